The largest absolute Gasteiger partial charge is 0.297 e. The lowest BCUT2D eigenvalue weighted by Crippen LogP contribution is -2.20. The van der Waals surface area contributed by atoms with Crippen LogP contribution >= 0.6 is 23.2 Å². The van der Waals surface area contributed by atoms with Crippen LogP contribution in [0.1, 0.15) is 52.7 Å². The van der Waals surface area contributed by atoms with Crippen molar-refractivity contribution >= 4 is 43.4 Å². The molecule has 2 aromatic rings. The molecule has 2 aromatic carbocycles. The number of hydrogen-bond acceptors (Lipinski definition) is 6. The molecule has 0 fully saturated rings. The summed E-state index contributed by atoms with van der Waals surface area (Å²) in [5.41, 5.74) is 0.417. The van der Waals surface area contributed by atoms with Gasteiger partial charge in [0.05, 0.1) is 13.2 Å². The Bertz CT molecular complexity index is 1180. The lowest BCUT2D eigenvalue weighted by Gasteiger charge is -2.22. The zero-order valence-electron chi connectivity index (χ0n) is 20.7. The highest BCUT2D eigenvalue weighted by Gasteiger charge is 2.31. The number of benzene rings is 2. The van der Waals surface area contributed by atoms with E-state index < -0.39 is 31.1 Å². The average Bonchev–Trinajstić information content (AvgIpc) is 2.64. The second kappa shape index (κ2) is 10.1. The Morgan fingerprint density at radius 1 is 0.647 bits per heavy atom. The highest BCUT2D eigenvalue weighted by Crippen LogP contribution is 2.41. The first-order chi connectivity index (χ1) is 15.2. The predicted octanol–water partition coefficient (Wildman–Crippen LogP) is 6.78. The van der Waals surface area contributed by atoms with Crippen LogP contribution in [0.4, 0.5) is 0 Å². The van der Waals surface area contributed by atoms with Gasteiger partial charge in [-0.2, -0.15) is 16.8 Å². The van der Waals surface area contributed by atoms with Crippen molar-refractivity contribution < 1.29 is 25.2 Å². The standard InChI is InChI=1S/C24H32Cl2O6S2/c1-15-9-17(25)11-19(33(27,28)31-13-23(3,4)5)21(15)22-16(2)10-18(26)12-20(22)34(29,30)32-14-24(6,7)8/h9-12H,13-14H2,1-8H3. The maximum Gasteiger partial charge on any atom is 0.297 e. The summed E-state index contributed by atoms with van der Waals surface area (Å²) in [5, 5.41) is 0.360. The van der Waals surface area contributed by atoms with Crippen LogP contribution < -0.4 is 0 Å². The highest BCUT2D eigenvalue weighted by molar-refractivity contribution is 7.87. The summed E-state index contributed by atoms with van der Waals surface area (Å²) in [5.74, 6) is 0. The minimum Gasteiger partial charge on any atom is -0.266 e. The minimum atomic E-state index is -4.30. The number of rotatable bonds is 7. The molecule has 0 saturated carbocycles. The van der Waals surface area contributed by atoms with Gasteiger partial charge in [0, 0.05) is 21.2 Å². The average molecular weight is 552 g/mol. The van der Waals surface area contributed by atoms with Gasteiger partial charge in [-0.1, -0.05) is 64.7 Å². The summed E-state index contributed by atoms with van der Waals surface area (Å²) < 4.78 is 63.8. The van der Waals surface area contributed by atoms with Gasteiger partial charge in [0.15, 0.2) is 0 Å². The summed E-state index contributed by atoms with van der Waals surface area (Å²) in [6, 6.07) is 5.67. The van der Waals surface area contributed by atoms with Crippen molar-refractivity contribution in [2.75, 3.05) is 13.2 Å². The lowest BCUT2D eigenvalue weighted by molar-refractivity contribution is 0.203. The Balaban J connectivity index is 2.86. The Hall–Kier alpha value is -1.16. The van der Waals surface area contributed by atoms with Crippen LogP contribution in [0.5, 0.6) is 0 Å². The second-order valence-corrected chi connectivity index (χ2v) is 14.8. The molecule has 0 atom stereocenters. The highest BCUT2D eigenvalue weighted by atomic mass is 35.5. The summed E-state index contributed by atoms with van der Waals surface area (Å²) in [6.07, 6.45) is 0. The van der Waals surface area contributed by atoms with Gasteiger partial charge in [0.25, 0.3) is 20.2 Å². The van der Waals surface area contributed by atoms with Crippen LogP contribution in [0.15, 0.2) is 34.1 Å². The summed E-state index contributed by atoms with van der Waals surface area (Å²) in [7, 11) is -8.59. The molecule has 0 radical (unpaired) electrons. The third-order valence-electron chi connectivity index (χ3n) is 4.61. The summed E-state index contributed by atoms with van der Waals surface area (Å²) >= 11 is 12.4. The number of hydrogen-bond donors (Lipinski definition) is 0. The van der Waals surface area contributed by atoms with Crippen LogP contribution in [-0.4, -0.2) is 30.0 Å². The molecule has 0 aliphatic heterocycles. The van der Waals surface area contributed by atoms with Gasteiger partial charge in [0.1, 0.15) is 9.79 Å². The Morgan fingerprint density at radius 3 is 1.21 bits per heavy atom. The van der Waals surface area contributed by atoms with Crippen LogP contribution in [0.2, 0.25) is 10.0 Å². The molecule has 10 heteroatoms. The maximum atomic E-state index is 13.3. The fraction of sp³-hybridized carbons (Fsp3) is 0.500. The molecule has 0 saturated heterocycles. The van der Waals surface area contributed by atoms with E-state index in [1.54, 1.807) is 26.0 Å². The van der Waals surface area contributed by atoms with Gasteiger partial charge in [-0.15, -0.1) is 0 Å². The van der Waals surface area contributed by atoms with Gasteiger partial charge in [-0.25, -0.2) is 0 Å². The molecule has 0 spiro atoms. The van der Waals surface area contributed by atoms with E-state index in [1.165, 1.54) is 12.1 Å². The molecular weight excluding hydrogens is 519 g/mol. The first kappa shape index (κ1) is 29.1. The molecule has 0 N–H and O–H groups in total. The normalized spacial score (nSPS) is 13.4. The number of aryl methyl sites for hydroxylation is 2. The predicted molar refractivity (Wildman–Crippen MR) is 137 cm³/mol. The van der Waals surface area contributed by atoms with Crippen LogP contribution in [-0.2, 0) is 28.6 Å². The van der Waals surface area contributed by atoms with E-state index in [0.29, 0.717) is 11.1 Å². The smallest absolute Gasteiger partial charge is 0.266 e. The molecule has 0 aliphatic rings. The first-order valence-electron chi connectivity index (χ1n) is 10.6. The van der Waals surface area contributed by atoms with Gasteiger partial charge >= 0.3 is 0 Å². The van der Waals surface area contributed by atoms with Crippen molar-refractivity contribution in [1.82, 2.24) is 0 Å². The van der Waals surface area contributed by atoms with Gasteiger partial charge in [-0.3, -0.25) is 8.37 Å². The molecule has 0 bridgehead atoms. The van der Waals surface area contributed by atoms with E-state index >= 15 is 0 Å². The third-order valence-corrected chi connectivity index (χ3v) is 7.63. The Morgan fingerprint density at radius 2 is 0.941 bits per heavy atom. The molecule has 2 rings (SSSR count). The quantitative estimate of drug-likeness (QED) is 0.353. The monoisotopic (exact) mass is 550 g/mol. The van der Waals surface area contributed by atoms with E-state index in [2.05, 4.69) is 0 Å². The van der Waals surface area contributed by atoms with Crippen molar-refractivity contribution in [3.05, 3.63) is 45.4 Å². The van der Waals surface area contributed by atoms with Crippen LogP contribution in [0.25, 0.3) is 11.1 Å². The molecule has 0 amide bonds. The van der Waals surface area contributed by atoms with Crippen molar-refractivity contribution in [3.8, 4) is 11.1 Å². The van der Waals surface area contributed by atoms with E-state index in [0.717, 1.165) is 0 Å². The molecule has 190 valence electrons. The first-order valence-corrected chi connectivity index (χ1v) is 14.2. The van der Waals surface area contributed by atoms with Crippen LogP contribution in [0.3, 0.4) is 0 Å². The molecule has 0 heterocycles. The third kappa shape index (κ3) is 7.42. The summed E-state index contributed by atoms with van der Waals surface area (Å²) in [4.78, 5) is -0.445. The Kier molecular flexibility index (Phi) is 8.61. The van der Waals surface area contributed by atoms with Crippen molar-refractivity contribution in [2.24, 2.45) is 10.8 Å². The molecule has 6 nitrogen and oxygen atoms in total. The zero-order chi connectivity index (χ0) is 26.3. The fourth-order valence-electron chi connectivity index (χ4n) is 3.10. The van der Waals surface area contributed by atoms with Crippen molar-refractivity contribution in [1.29, 1.82) is 0 Å². The molecule has 0 unspecified atom stereocenters. The topological polar surface area (TPSA) is 86.7 Å². The Labute approximate surface area is 213 Å². The van der Waals surface area contributed by atoms with Crippen LogP contribution in [0, 0.1) is 24.7 Å². The maximum absolute atomic E-state index is 13.3. The fourth-order valence-corrected chi connectivity index (χ4v) is 6.61. The van der Waals surface area contributed by atoms with E-state index in [4.69, 9.17) is 31.6 Å². The van der Waals surface area contributed by atoms with Crippen molar-refractivity contribution in [3.63, 3.8) is 0 Å². The van der Waals surface area contributed by atoms with Gasteiger partial charge in [0.2, 0.25) is 0 Å². The number of halogens is 2. The summed E-state index contributed by atoms with van der Waals surface area (Å²) in [6.45, 7) is 14.2. The lowest BCUT2D eigenvalue weighted by atomic mass is 9.96. The molecule has 0 aliphatic carbocycles. The van der Waals surface area contributed by atoms with Gasteiger partial charge < -0.3 is 0 Å². The molecule has 0 aromatic heterocycles. The molecular formula is C24H32Cl2O6S2. The minimum absolute atomic E-state index is 0.0697. The SMILES string of the molecule is Cc1cc(Cl)cc(S(=O)(=O)OCC(C)(C)C)c1-c1c(C)cc(Cl)cc1S(=O)(=O)OCC(C)(C)C. The zero-order valence-corrected chi connectivity index (χ0v) is 23.9. The van der Waals surface area contributed by atoms with Crippen molar-refractivity contribution in [2.45, 2.75) is 65.2 Å². The molecule has 34 heavy (non-hydrogen) atoms. The van der Waals surface area contributed by atoms with E-state index in [-0.39, 0.29) is 44.2 Å². The van der Waals surface area contributed by atoms with E-state index in [1.807, 2.05) is 41.5 Å². The van der Waals surface area contributed by atoms with Gasteiger partial charge in [-0.05, 0) is 60.1 Å². The second-order valence-electron chi connectivity index (χ2n) is 10.7. The van der Waals surface area contributed by atoms with E-state index in [9.17, 15) is 16.8 Å².